The van der Waals surface area contributed by atoms with Crippen LogP contribution in [-0.4, -0.2) is 28.6 Å². The maximum atomic E-state index is 12.2. The normalized spacial score (nSPS) is 29.9. The Hall–Kier alpha value is -2.08. The first-order valence-electron chi connectivity index (χ1n) is 7.03. The van der Waals surface area contributed by atoms with E-state index in [0.717, 1.165) is 5.56 Å². The Labute approximate surface area is 131 Å². The number of imide groups is 1. The number of aliphatic carboxylic acids is 1. The van der Waals surface area contributed by atoms with E-state index in [1.54, 1.807) is 12.1 Å². The van der Waals surface area contributed by atoms with Gasteiger partial charge in [0.25, 0.3) is 5.91 Å². The number of halogens is 1. The number of carbonyl (C=O) groups is 3. The van der Waals surface area contributed by atoms with E-state index in [0.29, 0.717) is 24.3 Å². The third-order valence-electron chi connectivity index (χ3n) is 4.43. The summed E-state index contributed by atoms with van der Waals surface area (Å²) in [6.45, 7) is 0. The fraction of sp³-hybridized carbons (Fsp3) is 0.400. The fourth-order valence-electron chi connectivity index (χ4n) is 3.13. The van der Waals surface area contributed by atoms with Crippen molar-refractivity contribution in [3.8, 4) is 0 Å². The third kappa shape index (κ3) is 2.54. The number of carboxylic acids is 1. The molecule has 7 heteroatoms. The zero-order valence-corrected chi connectivity index (χ0v) is 12.4. The van der Waals surface area contributed by atoms with Gasteiger partial charge in [-0.1, -0.05) is 23.7 Å². The molecule has 1 aliphatic heterocycles. The minimum Gasteiger partial charge on any atom is -0.481 e. The van der Waals surface area contributed by atoms with E-state index in [2.05, 4.69) is 10.6 Å². The van der Waals surface area contributed by atoms with Crippen LogP contribution in [0.5, 0.6) is 0 Å². The monoisotopic (exact) mass is 322 g/mol. The maximum absolute atomic E-state index is 12.2. The molecular weight excluding hydrogens is 308 g/mol. The molecule has 1 saturated heterocycles. The standard InChI is InChI=1S/C15H15ClN2O4/c16-9-3-1-8(2-4-9)5-6-15(11-7-10(11)12(19)20)13(21)17-14(22)18-15/h1-4,10-11H,5-7H2,(H,19,20)(H2,17,18,21,22)/t10-,11-,15?/m0/s1. The Kier molecular flexibility index (Phi) is 3.56. The highest BCUT2D eigenvalue weighted by molar-refractivity contribution is 6.30. The van der Waals surface area contributed by atoms with Crippen molar-refractivity contribution >= 4 is 29.5 Å². The molecule has 2 aliphatic rings. The lowest BCUT2D eigenvalue weighted by molar-refractivity contribution is -0.139. The van der Waals surface area contributed by atoms with Crippen molar-refractivity contribution in [2.45, 2.75) is 24.8 Å². The number of benzene rings is 1. The van der Waals surface area contributed by atoms with Crippen molar-refractivity contribution in [2.75, 3.05) is 0 Å². The molecule has 6 nitrogen and oxygen atoms in total. The van der Waals surface area contributed by atoms with Gasteiger partial charge in [0.15, 0.2) is 0 Å². The molecule has 3 atom stereocenters. The molecule has 1 aromatic carbocycles. The average molecular weight is 323 g/mol. The number of amides is 3. The summed E-state index contributed by atoms with van der Waals surface area (Å²) in [5.74, 6) is -2.29. The number of rotatable bonds is 5. The molecule has 3 rings (SSSR count). The highest BCUT2D eigenvalue weighted by atomic mass is 35.5. The van der Waals surface area contributed by atoms with Gasteiger partial charge in [0.05, 0.1) is 5.92 Å². The Balaban J connectivity index is 1.78. The zero-order chi connectivity index (χ0) is 15.9. The predicted molar refractivity (Wildman–Crippen MR) is 78.4 cm³/mol. The van der Waals surface area contributed by atoms with E-state index >= 15 is 0 Å². The smallest absolute Gasteiger partial charge is 0.322 e. The molecule has 22 heavy (non-hydrogen) atoms. The van der Waals surface area contributed by atoms with E-state index in [1.165, 1.54) is 0 Å². The number of nitrogens with one attached hydrogen (secondary N) is 2. The molecule has 1 saturated carbocycles. The molecule has 0 spiro atoms. The first kappa shape index (κ1) is 14.8. The molecule has 116 valence electrons. The second kappa shape index (κ2) is 5.28. The van der Waals surface area contributed by atoms with Gasteiger partial charge < -0.3 is 10.4 Å². The lowest BCUT2D eigenvalue weighted by Crippen LogP contribution is -2.50. The lowest BCUT2D eigenvalue weighted by Gasteiger charge is -2.26. The predicted octanol–water partition coefficient (Wildman–Crippen LogP) is 1.57. The number of carboxylic acid groups (broad SMARTS) is 1. The maximum Gasteiger partial charge on any atom is 0.322 e. The quantitative estimate of drug-likeness (QED) is 0.717. The minimum atomic E-state index is -1.13. The summed E-state index contributed by atoms with van der Waals surface area (Å²) in [6, 6.07) is 6.66. The molecule has 0 aromatic heterocycles. The molecule has 1 aromatic rings. The van der Waals surface area contributed by atoms with Crippen molar-refractivity contribution < 1.29 is 19.5 Å². The van der Waals surface area contributed by atoms with Crippen LogP contribution in [-0.2, 0) is 16.0 Å². The molecule has 3 N–H and O–H groups in total. The van der Waals surface area contributed by atoms with Crippen LogP contribution in [0.2, 0.25) is 5.02 Å². The van der Waals surface area contributed by atoms with Crippen molar-refractivity contribution in [3.05, 3.63) is 34.9 Å². The largest absolute Gasteiger partial charge is 0.481 e. The van der Waals surface area contributed by atoms with Crippen molar-refractivity contribution in [3.63, 3.8) is 0 Å². The number of aryl methyl sites for hydroxylation is 1. The number of urea groups is 1. The Bertz CT molecular complexity index is 645. The van der Waals surface area contributed by atoms with E-state index in [1.807, 2.05) is 12.1 Å². The summed E-state index contributed by atoms with van der Waals surface area (Å²) in [5.41, 5.74) is -0.148. The summed E-state index contributed by atoms with van der Waals surface area (Å²) in [4.78, 5) is 34.9. The summed E-state index contributed by atoms with van der Waals surface area (Å²) in [7, 11) is 0. The minimum absolute atomic E-state index is 0.358. The Morgan fingerprint density at radius 2 is 2.00 bits per heavy atom. The summed E-state index contributed by atoms with van der Waals surface area (Å²) >= 11 is 5.84. The van der Waals surface area contributed by atoms with Crippen LogP contribution in [0, 0.1) is 11.8 Å². The van der Waals surface area contributed by atoms with Crippen molar-refractivity contribution in [2.24, 2.45) is 11.8 Å². The topological polar surface area (TPSA) is 95.5 Å². The summed E-state index contributed by atoms with van der Waals surface area (Å²) in [5, 5.41) is 14.6. The summed E-state index contributed by atoms with van der Waals surface area (Å²) in [6.07, 6.45) is 1.32. The van der Waals surface area contributed by atoms with Gasteiger partial charge in [-0.15, -0.1) is 0 Å². The molecule has 3 amide bonds. The van der Waals surface area contributed by atoms with Crippen LogP contribution >= 0.6 is 11.6 Å². The van der Waals surface area contributed by atoms with Crippen LogP contribution in [0.25, 0.3) is 0 Å². The highest BCUT2D eigenvalue weighted by Gasteiger charge is 2.62. The van der Waals surface area contributed by atoms with Crippen LogP contribution in [0.1, 0.15) is 18.4 Å². The second-order valence-electron chi connectivity index (χ2n) is 5.79. The first-order chi connectivity index (χ1) is 10.4. The zero-order valence-electron chi connectivity index (χ0n) is 11.6. The van der Waals surface area contributed by atoms with Gasteiger partial charge in [-0.2, -0.15) is 0 Å². The van der Waals surface area contributed by atoms with Crippen molar-refractivity contribution in [1.82, 2.24) is 10.6 Å². The van der Waals surface area contributed by atoms with Gasteiger partial charge in [-0.3, -0.25) is 14.9 Å². The molecule has 1 unspecified atom stereocenters. The van der Waals surface area contributed by atoms with E-state index < -0.39 is 29.4 Å². The first-order valence-corrected chi connectivity index (χ1v) is 7.41. The molecule has 1 heterocycles. The number of hydrogen-bond donors (Lipinski definition) is 3. The van der Waals surface area contributed by atoms with Gasteiger partial charge in [0, 0.05) is 10.9 Å². The van der Waals surface area contributed by atoms with Gasteiger partial charge >= 0.3 is 12.0 Å². The lowest BCUT2D eigenvalue weighted by atomic mass is 9.85. The second-order valence-corrected chi connectivity index (χ2v) is 6.23. The average Bonchev–Trinajstić information content (AvgIpc) is 3.21. The van der Waals surface area contributed by atoms with E-state index in [4.69, 9.17) is 16.7 Å². The molecule has 1 aliphatic carbocycles. The molecule has 0 radical (unpaired) electrons. The van der Waals surface area contributed by atoms with E-state index in [-0.39, 0.29) is 5.92 Å². The van der Waals surface area contributed by atoms with Gasteiger partial charge in [-0.25, -0.2) is 4.79 Å². The highest BCUT2D eigenvalue weighted by Crippen LogP contribution is 2.49. The third-order valence-corrected chi connectivity index (χ3v) is 4.68. The van der Waals surface area contributed by atoms with E-state index in [9.17, 15) is 14.4 Å². The molecule has 0 bridgehead atoms. The number of carbonyl (C=O) groups excluding carboxylic acids is 2. The SMILES string of the molecule is O=C1NC(=O)C(CCc2ccc(Cl)cc2)([C@H]2C[C@@H]2C(=O)O)N1. The van der Waals surface area contributed by atoms with Crippen LogP contribution in [0.15, 0.2) is 24.3 Å². The molecule has 2 fully saturated rings. The summed E-state index contributed by atoms with van der Waals surface area (Å²) < 4.78 is 0. The van der Waals surface area contributed by atoms with Crippen LogP contribution in [0.3, 0.4) is 0 Å². The van der Waals surface area contributed by atoms with Gasteiger partial charge in [0.2, 0.25) is 0 Å². The fourth-order valence-corrected chi connectivity index (χ4v) is 3.26. The van der Waals surface area contributed by atoms with Gasteiger partial charge in [-0.05, 0) is 37.0 Å². The number of hydrogen-bond acceptors (Lipinski definition) is 3. The Morgan fingerprint density at radius 1 is 1.32 bits per heavy atom. The van der Waals surface area contributed by atoms with Crippen LogP contribution in [0.4, 0.5) is 4.79 Å². The van der Waals surface area contributed by atoms with Crippen molar-refractivity contribution in [1.29, 1.82) is 0 Å². The molecular formula is C15H15ClN2O4. The Morgan fingerprint density at radius 3 is 2.50 bits per heavy atom. The van der Waals surface area contributed by atoms with Crippen LogP contribution < -0.4 is 10.6 Å². The van der Waals surface area contributed by atoms with Gasteiger partial charge in [0.1, 0.15) is 5.54 Å².